The summed E-state index contributed by atoms with van der Waals surface area (Å²) in [7, 11) is 0. The number of carbonyl (C=O) groups excluding carboxylic acids is 1. The van der Waals surface area contributed by atoms with Gasteiger partial charge in [0, 0.05) is 25.2 Å². The van der Waals surface area contributed by atoms with E-state index in [1.807, 2.05) is 23.1 Å². The Labute approximate surface area is 146 Å². The third kappa shape index (κ3) is 3.33. The minimum atomic E-state index is -0.102. The molecule has 0 saturated carbocycles. The summed E-state index contributed by atoms with van der Waals surface area (Å²) in [5, 5.41) is 2.86. The van der Waals surface area contributed by atoms with Gasteiger partial charge in [0.05, 0.1) is 11.0 Å². The number of carbonyl (C=O) groups is 1. The lowest BCUT2D eigenvalue weighted by Crippen LogP contribution is -2.42. The Morgan fingerprint density at radius 2 is 2.24 bits per heavy atom. The highest BCUT2D eigenvalue weighted by molar-refractivity contribution is 5.88. The number of anilines is 1. The third-order valence-corrected chi connectivity index (χ3v) is 4.65. The molecule has 25 heavy (non-hydrogen) atoms. The second-order valence-electron chi connectivity index (χ2n) is 6.57. The van der Waals surface area contributed by atoms with Gasteiger partial charge in [0.2, 0.25) is 0 Å². The van der Waals surface area contributed by atoms with Gasteiger partial charge in [0.15, 0.2) is 0 Å². The Morgan fingerprint density at radius 3 is 3.08 bits per heavy atom. The number of piperidine rings is 1. The molecule has 1 fully saturated rings. The van der Waals surface area contributed by atoms with Crippen LogP contribution in [-0.4, -0.2) is 39.0 Å². The molecule has 1 saturated heterocycles. The van der Waals surface area contributed by atoms with Gasteiger partial charge in [-0.25, -0.2) is 14.8 Å². The number of aromatic nitrogens is 3. The quantitative estimate of drug-likeness (QED) is 0.750. The van der Waals surface area contributed by atoms with E-state index in [0.29, 0.717) is 12.4 Å². The Balaban J connectivity index is 1.49. The standard InChI is InChI=1S/C19H21N5O/c1-13-7-8-15-16(11-13)22-18(21-15)14-5-4-10-24(12-14)19(25)23-17-6-2-3-9-20-17/h2-3,6-9,11,14H,4-5,10,12H2,1H3,(H,21,22)(H,20,23,25)/t14-/m0/s1. The summed E-state index contributed by atoms with van der Waals surface area (Å²) in [6.07, 6.45) is 3.67. The predicted octanol–water partition coefficient (Wildman–Crippen LogP) is 3.68. The molecular weight excluding hydrogens is 314 g/mol. The number of nitrogens with zero attached hydrogens (tertiary/aromatic N) is 3. The van der Waals surface area contributed by atoms with Crippen LogP contribution < -0.4 is 5.32 Å². The number of fused-ring (bicyclic) bond motifs is 1. The highest BCUT2D eigenvalue weighted by Gasteiger charge is 2.27. The first-order valence-electron chi connectivity index (χ1n) is 8.62. The maximum atomic E-state index is 12.5. The molecule has 6 heteroatoms. The molecule has 1 aliphatic heterocycles. The number of rotatable bonds is 2. The topological polar surface area (TPSA) is 73.9 Å². The number of likely N-dealkylation sites (tertiary alicyclic amines) is 1. The van der Waals surface area contributed by atoms with Crippen molar-refractivity contribution in [3.8, 4) is 0 Å². The highest BCUT2D eigenvalue weighted by atomic mass is 16.2. The number of imidazole rings is 1. The van der Waals surface area contributed by atoms with E-state index in [1.165, 1.54) is 5.56 Å². The van der Waals surface area contributed by atoms with Crippen molar-refractivity contribution in [3.63, 3.8) is 0 Å². The average molecular weight is 335 g/mol. The number of aryl methyl sites for hydroxylation is 1. The van der Waals surface area contributed by atoms with E-state index in [4.69, 9.17) is 4.98 Å². The molecule has 0 radical (unpaired) electrons. The van der Waals surface area contributed by atoms with Crippen LogP contribution in [0, 0.1) is 6.92 Å². The van der Waals surface area contributed by atoms with Crippen LogP contribution >= 0.6 is 0 Å². The Morgan fingerprint density at radius 1 is 1.32 bits per heavy atom. The number of urea groups is 1. The normalized spacial score (nSPS) is 17.6. The van der Waals surface area contributed by atoms with E-state index in [1.54, 1.807) is 12.3 Å². The summed E-state index contributed by atoms with van der Waals surface area (Å²) >= 11 is 0. The minimum absolute atomic E-state index is 0.102. The molecule has 0 bridgehead atoms. The number of amides is 2. The molecule has 0 spiro atoms. The van der Waals surface area contributed by atoms with E-state index < -0.39 is 0 Å². The Hall–Kier alpha value is -2.89. The van der Waals surface area contributed by atoms with Gasteiger partial charge in [-0.15, -0.1) is 0 Å². The summed E-state index contributed by atoms with van der Waals surface area (Å²) in [6, 6.07) is 11.6. The molecule has 4 rings (SSSR count). The zero-order valence-corrected chi connectivity index (χ0v) is 14.2. The van der Waals surface area contributed by atoms with Crippen LogP contribution in [0.2, 0.25) is 0 Å². The summed E-state index contributed by atoms with van der Waals surface area (Å²) < 4.78 is 0. The molecule has 2 N–H and O–H groups in total. The van der Waals surface area contributed by atoms with Crippen LogP contribution in [0.1, 0.15) is 30.1 Å². The first-order valence-corrected chi connectivity index (χ1v) is 8.62. The number of hydrogen-bond acceptors (Lipinski definition) is 3. The van der Waals surface area contributed by atoms with Gasteiger partial charge in [-0.3, -0.25) is 5.32 Å². The van der Waals surface area contributed by atoms with Crippen molar-refractivity contribution in [3.05, 3.63) is 54.0 Å². The Bertz CT molecular complexity index is 889. The lowest BCUT2D eigenvalue weighted by molar-refractivity contribution is 0.191. The molecule has 128 valence electrons. The van der Waals surface area contributed by atoms with Crippen molar-refractivity contribution in [2.24, 2.45) is 0 Å². The molecular formula is C19H21N5O. The van der Waals surface area contributed by atoms with Crippen LogP contribution in [0.15, 0.2) is 42.6 Å². The molecule has 2 aromatic heterocycles. The fourth-order valence-corrected chi connectivity index (χ4v) is 3.35. The van der Waals surface area contributed by atoms with Crippen molar-refractivity contribution >= 4 is 22.9 Å². The lowest BCUT2D eigenvalue weighted by Gasteiger charge is -2.31. The first-order chi connectivity index (χ1) is 12.2. The number of nitrogens with one attached hydrogen (secondary N) is 2. The van der Waals surface area contributed by atoms with Gasteiger partial charge >= 0.3 is 6.03 Å². The van der Waals surface area contributed by atoms with Crippen LogP contribution in [-0.2, 0) is 0 Å². The molecule has 1 aliphatic rings. The second kappa shape index (κ2) is 6.55. The summed E-state index contributed by atoms with van der Waals surface area (Å²) in [5.74, 6) is 1.78. The van der Waals surface area contributed by atoms with Crippen molar-refractivity contribution in [2.45, 2.75) is 25.7 Å². The number of H-pyrrole nitrogens is 1. The first kappa shape index (κ1) is 15.6. The van der Waals surface area contributed by atoms with Gasteiger partial charge in [-0.2, -0.15) is 0 Å². The zero-order valence-electron chi connectivity index (χ0n) is 14.2. The molecule has 3 heterocycles. The number of hydrogen-bond donors (Lipinski definition) is 2. The van der Waals surface area contributed by atoms with Crippen molar-refractivity contribution in [1.29, 1.82) is 0 Å². The molecule has 0 unspecified atom stereocenters. The van der Waals surface area contributed by atoms with Gasteiger partial charge in [0.1, 0.15) is 11.6 Å². The van der Waals surface area contributed by atoms with E-state index in [-0.39, 0.29) is 11.9 Å². The SMILES string of the molecule is Cc1ccc2nc([C@H]3CCCN(C(=O)Nc4ccccn4)C3)[nH]c2c1. The fourth-order valence-electron chi connectivity index (χ4n) is 3.35. The highest BCUT2D eigenvalue weighted by Crippen LogP contribution is 2.27. The molecule has 0 aliphatic carbocycles. The van der Waals surface area contributed by atoms with Crippen molar-refractivity contribution in [1.82, 2.24) is 19.9 Å². The lowest BCUT2D eigenvalue weighted by atomic mass is 9.97. The van der Waals surface area contributed by atoms with Gasteiger partial charge in [-0.1, -0.05) is 12.1 Å². The Kier molecular flexibility index (Phi) is 4.09. The molecule has 6 nitrogen and oxygen atoms in total. The minimum Gasteiger partial charge on any atom is -0.342 e. The molecule has 3 aromatic rings. The van der Waals surface area contributed by atoms with Crippen LogP contribution in [0.25, 0.3) is 11.0 Å². The van der Waals surface area contributed by atoms with Gasteiger partial charge < -0.3 is 9.88 Å². The van der Waals surface area contributed by atoms with Crippen LogP contribution in [0.4, 0.5) is 10.6 Å². The fraction of sp³-hybridized carbons (Fsp3) is 0.316. The predicted molar refractivity (Wildman–Crippen MR) is 97.6 cm³/mol. The van der Waals surface area contributed by atoms with Crippen molar-refractivity contribution in [2.75, 3.05) is 18.4 Å². The van der Waals surface area contributed by atoms with Crippen LogP contribution in [0.5, 0.6) is 0 Å². The van der Waals surface area contributed by atoms with Crippen LogP contribution in [0.3, 0.4) is 0 Å². The van der Waals surface area contributed by atoms with E-state index in [2.05, 4.69) is 34.3 Å². The third-order valence-electron chi connectivity index (χ3n) is 4.65. The van der Waals surface area contributed by atoms with Gasteiger partial charge in [0.25, 0.3) is 0 Å². The van der Waals surface area contributed by atoms with E-state index in [0.717, 1.165) is 36.2 Å². The summed E-state index contributed by atoms with van der Waals surface area (Å²) in [4.78, 5) is 26.7. The van der Waals surface area contributed by atoms with Gasteiger partial charge in [-0.05, 0) is 49.6 Å². The number of pyridine rings is 1. The molecule has 1 aromatic carbocycles. The number of aromatic amines is 1. The maximum Gasteiger partial charge on any atom is 0.323 e. The summed E-state index contributed by atoms with van der Waals surface area (Å²) in [5.41, 5.74) is 3.25. The molecule has 1 atom stereocenters. The zero-order chi connectivity index (χ0) is 17.2. The average Bonchev–Trinajstić information content (AvgIpc) is 3.06. The van der Waals surface area contributed by atoms with E-state index >= 15 is 0 Å². The van der Waals surface area contributed by atoms with Crippen molar-refractivity contribution < 1.29 is 4.79 Å². The summed E-state index contributed by atoms with van der Waals surface area (Å²) in [6.45, 7) is 3.50. The number of benzene rings is 1. The van der Waals surface area contributed by atoms with E-state index in [9.17, 15) is 4.79 Å². The maximum absolute atomic E-state index is 12.5. The second-order valence-corrected chi connectivity index (χ2v) is 6.57. The monoisotopic (exact) mass is 335 g/mol. The smallest absolute Gasteiger partial charge is 0.323 e. The molecule has 2 amide bonds. The largest absolute Gasteiger partial charge is 0.342 e.